The first kappa shape index (κ1) is 24.9. The van der Waals surface area contributed by atoms with Gasteiger partial charge in [-0.25, -0.2) is 0 Å². The summed E-state index contributed by atoms with van der Waals surface area (Å²) in [5.74, 6) is -1.96. The SMILES string of the molecule is COc1cc(C(F)(F)F)cc(C(F)(F)F)c1C(=O)NC(c1ccccc1)C(C)N1CCCC1. The van der Waals surface area contributed by atoms with Gasteiger partial charge in [0.15, 0.2) is 0 Å². The van der Waals surface area contributed by atoms with Gasteiger partial charge in [0.2, 0.25) is 0 Å². The molecule has 1 fully saturated rings. The molecule has 0 spiro atoms. The first-order valence-electron chi connectivity index (χ1n) is 10.4. The second kappa shape index (κ2) is 9.62. The number of benzene rings is 2. The molecule has 4 nitrogen and oxygen atoms in total. The summed E-state index contributed by atoms with van der Waals surface area (Å²) in [6.45, 7) is 3.41. The highest BCUT2D eigenvalue weighted by atomic mass is 19.4. The summed E-state index contributed by atoms with van der Waals surface area (Å²) < 4.78 is 85.6. The third-order valence-electron chi connectivity index (χ3n) is 5.83. The van der Waals surface area contributed by atoms with Crippen molar-refractivity contribution < 1.29 is 35.9 Å². The van der Waals surface area contributed by atoms with Crippen LogP contribution in [0.4, 0.5) is 26.3 Å². The largest absolute Gasteiger partial charge is 0.496 e. The minimum atomic E-state index is -5.20. The van der Waals surface area contributed by atoms with Crippen molar-refractivity contribution in [2.75, 3.05) is 20.2 Å². The molecule has 33 heavy (non-hydrogen) atoms. The zero-order valence-corrected chi connectivity index (χ0v) is 18.1. The predicted octanol–water partition coefficient (Wildman–Crippen LogP) is 5.69. The molecule has 0 aliphatic carbocycles. The van der Waals surface area contributed by atoms with E-state index in [4.69, 9.17) is 4.74 Å². The third-order valence-corrected chi connectivity index (χ3v) is 5.83. The van der Waals surface area contributed by atoms with E-state index in [1.165, 1.54) is 0 Å². The molecule has 180 valence electrons. The summed E-state index contributed by atoms with van der Waals surface area (Å²) >= 11 is 0. The van der Waals surface area contributed by atoms with Crippen molar-refractivity contribution in [1.29, 1.82) is 0 Å². The number of nitrogens with zero attached hydrogens (tertiary/aromatic N) is 1. The van der Waals surface area contributed by atoms with Crippen LogP contribution in [0.15, 0.2) is 42.5 Å². The van der Waals surface area contributed by atoms with Crippen LogP contribution in [0.1, 0.15) is 52.9 Å². The zero-order valence-electron chi connectivity index (χ0n) is 18.1. The van der Waals surface area contributed by atoms with Crippen LogP contribution in [-0.2, 0) is 12.4 Å². The minimum Gasteiger partial charge on any atom is -0.496 e. The number of methoxy groups -OCH3 is 1. The third kappa shape index (κ3) is 5.61. The van der Waals surface area contributed by atoms with Gasteiger partial charge in [0.1, 0.15) is 5.75 Å². The van der Waals surface area contributed by atoms with Crippen molar-refractivity contribution in [3.05, 3.63) is 64.7 Å². The smallest absolute Gasteiger partial charge is 0.417 e. The second-order valence-electron chi connectivity index (χ2n) is 7.94. The fraction of sp³-hybridized carbons (Fsp3) is 0.435. The van der Waals surface area contributed by atoms with E-state index in [1.807, 2.05) is 6.92 Å². The first-order valence-corrected chi connectivity index (χ1v) is 10.4. The van der Waals surface area contributed by atoms with E-state index in [1.54, 1.807) is 30.3 Å². The number of carbonyl (C=O) groups excluding carboxylic acids is 1. The number of likely N-dealkylation sites (tertiary alicyclic amines) is 1. The molecular weight excluding hydrogens is 450 g/mol. The van der Waals surface area contributed by atoms with Crippen molar-refractivity contribution in [3.8, 4) is 5.75 Å². The van der Waals surface area contributed by atoms with Crippen molar-refractivity contribution in [2.24, 2.45) is 0 Å². The van der Waals surface area contributed by atoms with Crippen LogP contribution in [0.25, 0.3) is 0 Å². The summed E-state index contributed by atoms with van der Waals surface area (Å²) in [6.07, 6.45) is -8.32. The predicted molar refractivity (Wildman–Crippen MR) is 110 cm³/mol. The number of nitrogens with one attached hydrogen (secondary N) is 1. The van der Waals surface area contributed by atoms with E-state index in [9.17, 15) is 31.1 Å². The highest BCUT2D eigenvalue weighted by molar-refractivity contribution is 5.99. The average Bonchev–Trinajstić information content (AvgIpc) is 3.30. The van der Waals surface area contributed by atoms with Crippen molar-refractivity contribution >= 4 is 5.91 Å². The van der Waals surface area contributed by atoms with E-state index in [-0.39, 0.29) is 12.1 Å². The maximum absolute atomic E-state index is 13.7. The van der Waals surface area contributed by atoms with E-state index < -0.39 is 46.7 Å². The van der Waals surface area contributed by atoms with Crippen molar-refractivity contribution in [3.63, 3.8) is 0 Å². The molecule has 0 saturated carbocycles. The quantitative estimate of drug-likeness (QED) is 0.547. The monoisotopic (exact) mass is 474 g/mol. The molecule has 1 aliphatic rings. The topological polar surface area (TPSA) is 41.6 Å². The van der Waals surface area contributed by atoms with E-state index in [0.29, 0.717) is 11.6 Å². The van der Waals surface area contributed by atoms with Gasteiger partial charge < -0.3 is 10.1 Å². The Balaban J connectivity index is 2.06. The van der Waals surface area contributed by atoms with Crippen LogP contribution in [0.2, 0.25) is 0 Å². The zero-order chi connectivity index (χ0) is 24.4. The Morgan fingerprint density at radius 2 is 1.61 bits per heavy atom. The summed E-state index contributed by atoms with van der Waals surface area (Å²) in [5.41, 5.74) is -3.56. The van der Waals surface area contributed by atoms with Gasteiger partial charge in [0.25, 0.3) is 5.91 Å². The maximum Gasteiger partial charge on any atom is 0.417 e. The molecule has 1 saturated heterocycles. The number of halogens is 6. The Labute approximate surface area is 187 Å². The highest BCUT2D eigenvalue weighted by Crippen LogP contribution is 2.41. The molecule has 1 N–H and O–H groups in total. The van der Waals surface area contributed by atoms with Crippen LogP contribution in [0, 0.1) is 0 Å². The standard InChI is InChI=1S/C23H24F6N2O2/c1-14(31-10-6-7-11-31)20(15-8-4-3-5-9-15)30-21(32)19-17(23(27,28)29)12-16(22(24,25)26)13-18(19)33-2/h3-5,8-9,12-14,20H,6-7,10-11H2,1-2H3,(H,30,32). The van der Waals surface area contributed by atoms with Gasteiger partial charge >= 0.3 is 12.4 Å². The van der Waals surface area contributed by atoms with Crippen LogP contribution in [0.3, 0.4) is 0 Å². The lowest BCUT2D eigenvalue weighted by molar-refractivity contribution is -0.143. The van der Waals surface area contributed by atoms with Crippen molar-refractivity contribution in [2.45, 2.75) is 44.2 Å². The number of ether oxygens (including phenoxy) is 1. The lowest BCUT2D eigenvalue weighted by atomic mass is 9.96. The number of hydrogen-bond acceptors (Lipinski definition) is 3. The van der Waals surface area contributed by atoms with Crippen molar-refractivity contribution in [1.82, 2.24) is 10.2 Å². The fourth-order valence-electron chi connectivity index (χ4n) is 4.11. The highest BCUT2D eigenvalue weighted by Gasteiger charge is 2.42. The molecule has 1 aliphatic heterocycles. The average molecular weight is 474 g/mol. The number of hydrogen-bond donors (Lipinski definition) is 1. The van der Waals surface area contributed by atoms with E-state index in [0.717, 1.165) is 33.0 Å². The number of amides is 1. The molecule has 1 heterocycles. The van der Waals surface area contributed by atoms with Gasteiger partial charge in [-0.1, -0.05) is 30.3 Å². The molecular formula is C23H24F6N2O2. The Kier molecular flexibility index (Phi) is 7.26. The Morgan fingerprint density at radius 1 is 1.00 bits per heavy atom. The van der Waals surface area contributed by atoms with Gasteiger partial charge in [-0.05, 0) is 50.6 Å². The lowest BCUT2D eigenvalue weighted by Crippen LogP contribution is -2.44. The van der Waals surface area contributed by atoms with Gasteiger partial charge in [-0.2, -0.15) is 26.3 Å². The Bertz CT molecular complexity index is 969. The second-order valence-corrected chi connectivity index (χ2v) is 7.94. The molecule has 0 radical (unpaired) electrons. The van der Waals surface area contributed by atoms with Gasteiger partial charge in [-0.3, -0.25) is 9.69 Å². The summed E-state index contributed by atoms with van der Waals surface area (Å²) in [5, 5.41) is 2.63. The molecule has 2 aromatic carbocycles. The normalized spacial score (nSPS) is 17.0. The van der Waals surface area contributed by atoms with Crippen LogP contribution < -0.4 is 10.1 Å². The van der Waals surface area contributed by atoms with Gasteiger partial charge in [-0.15, -0.1) is 0 Å². The van der Waals surface area contributed by atoms with Crippen LogP contribution >= 0.6 is 0 Å². The Hall–Kier alpha value is -2.75. The van der Waals surface area contributed by atoms with E-state index >= 15 is 0 Å². The Morgan fingerprint density at radius 3 is 2.12 bits per heavy atom. The van der Waals surface area contributed by atoms with Gasteiger partial charge in [0.05, 0.1) is 29.8 Å². The molecule has 2 unspecified atom stereocenters. The molecule has 3 rings (SSSR count). The fourth-order valence-corrected chi connectivity index (χ4v) is 4.11. The number of carbonyl (C=O) groups is 1. The summed E-state index contributed by atoms with van der Waals surface area (Å²) in [7, 11) is 0.925. The van der Waals surface area contributed by atoms with Crippen LogP contribution in [-0.4, -0.2) is 37.0 Å². The number of rotatable bonds is 6. The first-order chi connectivity index (χ1) is 15.4. The molecule has 0 aromatic heterocycles. The molecule has 0 bridgehead atoms. The number of alkyl halides is 6. The maximum atomic E-state index is 13.7. The molecule has 1 amide bonds. The van der Waals surface area contributed by atoms with Crippen LogP contribution in [0.5, 0.6) is 5.75 Å². The molecule has 2 atom stereocenters. The van der Waals surface area contributed by atoms with E-state index in [2.05, 4.69) is 10.2 Å². The lowest BCUT2D eigenvalue weighted by Gasteiger charge is -2.33. The molecule has 2 aromatic rings. The minimum absolute atomic E-state index is 0.0567. The summed E-state index contributed by atoms with van der Waals surface area (Å²) in [6, 6.07) is 8.14. The van der Waals surface area contributed by atoms with Gasteiger partial charge in [0, 0.05) is 6.04 Å². The molecule has 10 heteroatoms. The summed E-state index contributed by atoms with van der Waals surface area (Å²) in [4.78, 5) is 15.3.